The Morgan fingerprint density at radius 3 is 2.62 bits per heavy atom. The summed E-state index contributed by atoms with van der Waals surface area (Å²) < 4.78 is 1.62. The molecule has 21 heavy (non-hydrogen) atoms. The van der Waals surface area contributed by atoms with Crippen molar-refractivity contribution in [1.29, 1.82) is 5.26 Å². The van der Waals surface area contributed by atoms with Crippen molar-refractivity contribution in [3.8, 4) is 12.0 Å². The summed E-state index contributed by atoms with van der Waals surface area (Å²) in [5.74, 6) is 0.673. The predicted molar refractivity (Wildman–Crippen MR) is 76.4 cm³/mol. The zero-order chi connectivity index (χ0) is 14.7. The Morgan fingerprint density at radius 1 is 1.14 bits per heavy atom. The van der Waals surface area contributed by atoms with Crippen molar-refractivity contribution in [1.82, 2.24) is 24.5 Å². The van der Waals surface area contributed by atoms with E-state index in [0.717, 1.165) is 5.69 Å². The van der Waals surface area contributed by atoms with Crippen LogP contribution < -0.4 is 5.32 Å². The van der Waals surface area contributed by atoms with Crippen molar-refractivity contribution in [2.75, 3.05) is 5.32 Å². The topological polar surface area (TPSA) is 92.3 Å². The summed E-state index contributed by atoms with van der Waals surface area (Å²) in [5, 5.41) is 11.8. The van der Waals surface area contributed by atoms with Crippen LogP contribution in [-0.4, -0.2) is 24.5 Å². The third-order valence-electron chi connectivity index (χ3n) is 2.60. The number of nitriles is 1. The quantitative estimate of drug-likeness (QED) is 0.797. The minimum atomic E-state index is 0.0739. The number of benzene rings is 1. The van der Waals surface area contributed by atoms with Crippen LogP contribution in [0, 0.1) is 11.3 Å². The van der Waals surface area contributed by atoms with E-state index >= 15 is 0 Å². The van der Waals surface area contributed by atoms with E-state index in [1.54, 1.807) is 47.6 Å². The molecule has 0 amide bonds. The van der Waals surface area contributed by atoms with Crippen LogP contribution in [0.2, 0.25) is 5.28 Å². The predicted octanol–water partition coefficient (Wildman–Crippen LogP) is 2.33. The fourth-order valence-electron chi connectivity index (χ4n) is 1.65. The standard InChI is InChI=1S/C13H8ClN7/c14-11-18-12(17-10-3-1-9(7-15)2-4-10)20-13(19-11)21-6-5-16-8-21/h1-6,8H,(H,17,18,19,20). The second-order valence-corrected chi connectivity index (χ2v) is 4.35. The molecule has 1 N–H and O–H groups in total. The van der Waals surface area contributed by atoms with Crippen molar-refractivity contribution < 1.29 is 0 Å². The molecule has 0 bridgehead atoms. The van der Waals surface area contributed by atoms with Gasteiger partial charge in [0, 0.05) is 18.1 Å². The molecule has 1 aromatic carbocycles. The molecule has 0 unspecified atom stereocenters. The lowest BCUT2D eigenvalue weighted by molar-refractivity contribution is 0.899. The maximum absolute atomic E-state index is 8.77. The summed E-state index contributed by atoms with van der Waals surface area (Å²) in [7, 11) is 0. The highest BCUT2D eigenvalue weighted by Gasteiger charge is 2.07. The Morgan fingerprint density at radius 2 is 1.95 bits per heavy atom. The van der Waals surface area contributed by atoms with Gasteiger partial charge in [-0.25, -0.2) is 4.98 Å². The molecule has 8 heteroatoms. The second kappa shape index (κ2) is 5.56. The minimum absolute atomic E-state index is 0.0739. The van der Waals surface area contributed by atoms with Gasteiger partial charge in [-0.2, -0.15) is 20.2 Å². The summed E-state index contributed by atoms with van der Waals surface area (Å²) in [6.07, 6.45) is 4.89. The lowest BCUT2D eigenvalue weighted by atomic mass is 10.2. The maximum Gasteiger partial charge on any atom is 0.241 e. The molecule has 0 saturated carbocycles. The summed E-state index contributed by atoms with van der Waals surface area (Å²) >= 11 is 5.90. The molecule has 2 aromatic heterocycles. The average molecular weight is 298 g/mol. The Balaban J connectivity index is 1.90. The number of rotatable bonds is 3. The van der Waals surface area contributed by atoms with Gasteiger partial charge in [-0.3, -0.25) is 4.57 Å². The van der Waals surface area contributed by atoms with Crippen LogP contribution in [0.4, 0.5) is 11.6 Å². The van der Waals surface area contributed by atoms with Gasteiger partial charge in [-0.15, -0.1) is 0 Å². The fraction of sp³-hybridized carbons (Fsp3) is 0. The molecule has 0 radical (unpaired) electrons. The van der Waals surface area contributed by atoms with Crippen molar-refractivity contribution in [2.24, 2.45) is 0 Å². The first-order valence-electron chi connectivity index (χ1n) is 5.92. The summed E-state index contributed by atoms with van der Waals surface area (Å²) in [6.45, 7) is 0. The molecule has 0 atom stereocenters. The van der Waals surface area contributed by atoms with E-state index in [0.29, 0.717) is 17.5 Å². The molecule has 7 nitrogen and oxygen atoms in total. The number of imidazole rings is 1. The van der Waals surface area contributed by atoms with Crippen LogP contribution in [0.3, 0.4) is 0 Å². The van der Waals surface area contributed by atoms with Crippen LogP contribution in [0.5, 0.6) is 0 Å². The highest BCUT2D eigenvalue weighted by atomic mass is 35.5. The Labute approximate surface area is 124 Å². The van der Waals surface area contributed by atoms with E-state index < -0.39 is 0 Å². The van der Waals surface area contributed by atoms with Gasteiger partial charge in [0.05, 0.1) is 11.6 Å². The van der Waals surface area contributed by atoms with Crippen LogP contribution in [0.1, 0.15) is 5.56 Å². The van der Waals surface area contributed by atoms with E-state index in [1.807, 2.05) is 0 Å². The first-order valence-corrected chi connectivity index (χ1v) is 6.29. The van der Waals surface area contributed by atoms with Crippen molar-refractivity contribution >= 4 is 23.2 Å². The molecule has 3 rings (SSSR count). The molecule has 0 aliphatic heterocycles. The molecule has 0 saturated heterocycles. The SMILES string of the molecule is N#Cc1ccc(Nc2nc(Cl)nc(-n3ccnc3)n2)cc1. The van der Waals surface area contributed by atoms with Gasteiger partial charge in [0.1, 0.15) is 6.33 Å². The Bertz CT molecular complexity index is 790. The largest absolute Gasteiger partial charge is 0.324 e. The van der Waals surface area contributed by atoms with Gasteiger partial charge in [0.15, 0.2) is 0 Å². The third-order valence-corrected chi connectivity index (χ3v) is 2.77. The van der Waals surface area contributed by atoms with Crippen molar-refractivity contribution in [3.05, 3.63) is 53.8 Å². The maximum atomic E-state index is 8.77. The van der Waals surface area contributed by atoms with Gasteiger partial charge in [0.25, 0.3) is 0 Å². The van der Waals surface area contributed by atoms with Gasteiger partial charge in [-0.1, -0.05) is 0 Å². The number of anilines is 2. The first-order chi connectivity index (χ1) is 10.2. The minimum Gasteiger partial charge on any atom is -0.324 e. The number of nitrogens with zero attached hydrogens (tertiary/aromatic N) is 6. The molecule has 0 aliphatic rings. The van der Waals surface area contributed by atoms with Crippen molar-refractivity contribution in [3.63, 3.8) is 0 Å². The van der Waals surface area contributed by atoms with Crippen molar-refractivity contribution in [2.45, 2.75) is 0 Å². The Kier molecular flexibility index (Phi) is 3.45. The van der Waals surface area contributed by atoms with Crippen LogP contribution in [0.25, 0.3) is 5.95 Å². The van der Waals surface area contributed by atoms with Crippen LogP contribution in [0.15, 0.2) is 43.0 Å². The zero-order valence-electron chi connectivity index (χ0n) is 10.6. The van der Waals surface area contributed by atoms with Gasteiger partial charge in [0.2, 0.25) is 17.2 Å². The summed E-state index contributed by atoms with van der Waals surface area (Å²) in [5.41, 5.74) is 1.32. The molecular formula is C13H8ClN7. The van der Waals surface area contributed by atoms with E-state index in [4.69, 9.17) is 16.9 Å². The van der Waals surface area contributed by atoms with E-state index in [-0.39, 0.29) is 5.28 Å². The average Bonchev–Trinajstić information content (AvgIpc) is 3.02. The summed E-state index contributed by atoms with van der Waals surface area (Å²) in [6, 6.07) is 8.96. The van der Waals surface area contributed by atoms with E-state index in [1.165, 1.54) is 0 Å². The molecular weight excluding hydrogens is 290 g/mol. The second-order valence-electron chi connectivity index (χ2n) is 4.01. The number of hydrogen-bond acceptors (Lipinski definition) is 6. The molecule has 0 fully saturated rings. The Hall–Kier alpha value is -2.98. The van der Waals surface area contributed by atoms with Crippen LogP contribution in [-0.2, 0) is 0 Å². The highest BCUT2D eigenvalue weighted by molar-refractivity contribution is 6.28. The molecule has 3 aromatic rings. The first kappa shape index (κ1) is 13.0. The summed E-state index contributed by atoms with van der Waals surface area (Å²) in [4.78, 5) is 16.2. The molecule has 0 spiro atoms. The fourth-order valence-corrected chi connectivity index (χ4v) is 1.80. The third kappa shape index (κ3) is 2.96. The van der Waals surface area contributed by atoms with Crippen LogP contribution >= 0.6 is 11.6 Å². The molecule has 102 valence electrons. The smallest absolute Gasteiger partial charge is 0.241 e. The monoisotopic (exact) mass is 297 g/mol. The number of aromatic nitrogens is 5. The molecule has 2 heterocycles. The lowest BCUT2D eigenvalue weighted by Gasteiger charge is -2.07. The van der Waals surface area contributed by atoms with Gasteiger partial charge >= 0.3 is 0 Å². The number of halogens is 1. The number of hydrogen-bond donors (Lipinski definition) is 1. The normalized spacial score (nSPS) is 10.1. The number of nitrogens with one attached hydrogen (secondary N) is 1. The lowest BCUT2D eigenvalue weighted by Crippen LogP contribution is -2.05. The highest BCUT2D eigenvalue weighted by Crippen LogP contribution is 2.16. The van der Waals surface area contributed by atoms with Gasteiger partial charge in [-0.05, 0) is 35.9 Å². The zero-order valence-corrected chi connectivity index (χ0v) is 11.4. The molecule has 0 aliphatic carbocycles. The van der Waals surface area contributed by atoms with Gasteiger partial charge < -0.3 is 5.32 Å². The van der Waals surface area contributed by atoms with E-state index in [2.05, 4.69) is 31.3 Å². The van der Waals surface area contributed by atoms with E-state index in [9.17, 15) is 0 Å².